The highest BCUT2D eigenvalue weighted by Gasteiger charge is 2.52. The maximum atomic E-state index is 14.9. The van der Waals surface area contributed by atoms with Gasteiger partial charge in [-0.05, 0) is 60.7 Å². The minimum absolute atomic E-state index is 0.0744. The zero-order valence-corrected chi connectivity index (χ0v) is 17.4. The van der Waals surface area contributed by atoms with Gasteiger partial charge in [0, 0.05) is 5.56 Å². The summed E-state index contributed by atoms with van der Waals surface area (Å²) < 4.78 is 25.7. The number of anilines is 1. The first kappa shape index (κ1) is 20.1. The van der Waals surface area contributed by atoms with Crippen LogP contribution in [0.2, 0.25) is 0 Å². The second kappa shape index (κ2) is 7.37. The van der Waals surface area contributed by atoms with Gasteiger partial charge in [0.15, 0.2) is 11.5 Å². The van der Waals surface area contributed by atoms with Crippen LogP contribution in [0.3, 0.4) is 0 Å². The number of carbonyl (C=O) groups is 2. The van der Waals surface area contributed by atoms with Gasteiger partial charge in [-0.25, -0.2) is 4.39 Å². The zero-order chi connectivity index (χ0) is 22.5. The van der Waals surface area contributed by atoms with Crippen molar-refractivity contribution < 1.29 is 23.5 Å². The van der Waals surface area contributed by atoms with Gasteiger partial charge in [0.05, 0.1) is 16.7 Å². The molecular weight excluding hydrogens is 411 g/mol. The van der Waals surface area contributed by atoms with Crippen molar-refractivity contribution in [2.24, 2.45) is 5.73 Å². The Balaban J connectivity index is 1.52. The smallest absolute Gasteiger partial charge is 0.250 e. The number of amides is 2. The Hall–Kier alpha value is -3.87. The van der Waals surface area contributed by atoms with Crippen LogP contribution in [-0.4, -0.2) is 18.6 Å². The number of rotatable bonds is 5. The van der Waals surface area contributed by atoms with Crippen LogP contribution >= 0.6 is 0 Å². The molecule has 162 valence electrons. The van der Waals surface area contributed by atoms with E-state index < -0.39 is 17.1 Å². The fourth-order valence-corrected chi connectivity index (χ4v) is 4.17. The number of nitrogens with one attached hydrogen (secondary N) is 1. The van der Waals surface area contributed by atoms with E-state index in [0.29, 0.717) is 29.9 Å². The third-order valence-electron chi connectivity index (χ3n) is 6.17. The first-order valence-electron chi connectivity index (χ1n) is 10.3. The number of aryl methyl sites for hydroxylation is 1. The Morgan fingerprint density at radius 3 is 2.47 bits per heavy atom. The zero-order valence-electron chi connectivity index (χ0n) is 17.4. The number of fused-ring (bicyclic) bond motifs is 1. The summed E-state index contributed by atoms with van der Waals surface area (Å²) in [5.41, 5.74) is 7.50. The number of primary amides is 1. The fraction of sp³-hybridized carbons (Fsp3) is 0.200. The molecule has 0 atom stereocenters. The van der Waals surface area contributed by atoms with Crippen molar-refractivity contribution >= 4 is 17.5 Å². The third kappa shape index (κ3) is 3.26. The van der Waals surface area contributed by atoms with Gasteiger partial charge in [-0.2, -0.15) is 0 Å². The highest BCUT2D eigenvalue weighted by atomic mass is 19.1. The average molecular weight is 432 g/mol. The molecule has 3 aromatic rings. The summed E-state index contributed by atoms with van der Waals surface area (Å²) in [7, 11) is 0. The maximum Gasteiger partial charge on any atom is 0.250 e. The lowest BCUT2D eigenvalue weighted by Gasteiger charge is -2.19. The monoisotopic (exact) mass is 432 g/mol. The topological polar surface area (TPSA) is 90.7 Å². The van der Waals surface area contributed by atoms with E-state index in [1.807, 2.05) is 31.2 Å². The van der Waals surface area contributed by atoms with Crippen LogP contribution in [0.5, 0.6) is 11.5 Å². The molecule has 6 nitrogen and oxygen atoms in total. The summed E-state index contributed by atoms with van der Waals surface area (Å²) in [6, 6.07) is 15.3. The van der Waals surface area contributed by atoms with Crippen molar-refractivity contribution in [3.63, 3.8) is 0 Å². The van der Waals surface area contributed by atoms with Crippen LogP contribution in [0.15, 0.2) is 54.6 Å². The first-order chi connectivity index (χ1) is 15.4. The number of nitrogens with two attached hydrogens (primary N) is 1. The predicted octanol–water partition coefficient (Wildman–Crippen LogP) is 4.30. The van der Waals surface area contributed by atoms with Gasteiger partial charge >= 0.3 is 0 Å². The van der Waals surface area contributed by atoms with Crippen LogP contribution in [-0.2, 0) is 10.2 Å². The van der Waals surface area contributed by atoms with Crippen LogP contribution in [0.1, 0.15) is 34.3 Å². The standard InChI is InChI=1S/C25H21FN2O4/c1-14-4-2-3-5-16(14)17-12-20(18(23(27)29)11-19(17)26)28-24(30)25(8-9-25)15-6-7-21-22(10-15)32-13-31-21/h2-7,10-12H,8-9,13H2,1H3,(H2,27,29)(H,28,30). The van der Waals surface area contributed by atoms with Gasteiger partial charge in [-0.15, -0.1) is 0 Å². The van der Waals surface area contributed by atoms with Crippen LogP contribution in [0.4, 0.5) is 10.1 Å². The second-order valence-electron chi connectivity index (χ2n) is 8.16. The van der Waals surface area contributed by atoms with Gasteiger partial charge in [-0.1, -0.05) is 30.3 Å². The molecule has 32 heavy (non-hydrogen) atoms. The second-order valence-corrected chi connectivity index (χ2v) is 8.16. The molecule has 3 N–H and O–H groups in total. The average Bonchev–Trinajstić information content (AvgIpc) is 3.46. The molecule has 1 aliphatic carbocycles. The number of carbonyl (C=O) groups excluding carboxylic acids is 2. The first-order valence-corrected chi connectivity index (χ1v) is 10.3. The number of hydrogen-bond donors (Lipinski definition) is 2. The van der Waals surface area contributed by atoms with E-state index in [0.717, 1.165) is 17.2 Å². The molecule has 0 aromatic heterocycles. The molecule has 1 aliphatic heterocycles. The molecule has 1 fully saturated rings. The van der Waals surface area contributed by atoms with E-state index in [1.54, 1.807) is 18.2 Å². The fourth-order valence-electron chi connectivity index (χ4n) is 4.17. The Kier molecular flexibility index (Phi) is 4.62. The summed E-state index contributed by atoms with van der Waals surface area (Å²) in [5, 5.41) is 2.84. The lowest BCUT2D eigenvalue weighted by atomic mass is 9.93. The summed E-state index contributed by atoms with van der Waals surface area (Å²) in [6.45, 7) is 2.02. The molecule has 0 saturated heterocycles. The molecule has 0 unspecified atom stereocenters. The van der Waals surface area contributed by atoms with Crippen molar-refractivity contribution in [1.29, 1.82) is 0 Å². The maximum absolute atomic E-state index is 14.9. The van der Waals surface area contributed by atoms with Crippen molar-refractivity contribution in [3.05, 3.63) is 77.1 Å². The van der Waals surface area contributed by atoms with Gasteiger partial charge in [0.25, 0.3) is 5.91 Å². The van der Waals surface area contributed by atoms with E-state index in [2.05, 4.69) is 5.32 Å². The normalized spacial score (nSPS) is 15.3. The van der Waals surface area contributed by atoms with E-state index in [-0.39, 0.29) is 29.5 Å². The largest absolute Gasteiger partial charge is 0.454 e. The van der Waals surface area contributed by atoms with Crippen LogP contribution < -0.4 is 20.5 Å². The molecule has 1 heterocycles. The Labute approximate surface area is 184 Å². The quantitative estimate of drug-likeness (QED) is 0.629. The summed E-state index contributed by atoms with van der Waals surface area (Å²) >= 11 is 0. The van der Waals surface area contributed by atoms with Gasteiger partial charge in [0.1, 0.15) is 5.82 Å². The number of hydrogen-bond acceptors (Lipinski definition) is 4. The Morgan fingerprint density at radius 1 is 1.00 bits per heavy atom. The molecule has 2 amide bonds. The summed E-state index contributed by atoms with van der Waals surface area (Å²) in [6.07, 6.45) is 1.30. The van der Waals surface area contributed by atoms with Gasteiger partial charge in [-0.3, -0.25) is 9.59 Å². The summed E-state index contributed by atoms with van der Waals surface area (Å²) in [5.74, 6) is -0.432. The van der Waals surface area contributed by atoms with Crippen molar-refractivity contribution in [3.8, 4) is 22.6 Å². The third-order valence-corrected chi connectivity index (χ3v) is 6.17. The Bertz CT molecular complexity index is 1270. The molecule has 2 aliphatic rings. The molecule has 0 radical (unpaired) electrons. The number of benzene rings is 3. The van der Waals surface area contributed by atoms with E-state index >= 15 is 0 Å². The number of halogens is 1. The lowest BCUT2D eigenvalue weighted by molar-refractivity contribution is -0.118. The van der Waals surface area contributed by atoms with Gasteiger partial charge in [0.2, 0.25) is 12.7 Å². The number of ether oxygens (including phenoxy) is 2. The van der Waals surface area contributed by atoms with Crippen molar-refractivity contribution in [2.45, 2.75) is 25.2 Å². The molecule has 0 spiro atoms. The van der Waals surface area contributed by atoms with E-state index in [4.69, 9.17) is 15.2 Å². The van der Waals surface area contributed by atoms with Gasteiger partial charge < -0.3 is 20.5 Å². The Morgan fingerprint density at radius 2 is 1.75 bits per heavy atom. The molecular formula is C25H21FN2O4. The predicted molar refractivity (Wildman–Crippen MR) is 117 cm³/mol. The van der Waals surface area contributed by atoms with Crippen LogP contribution in [0.25, 0.3) is 11.1 Å². The minimum atomic E-state index is -0.816. The summed E-state index contributed by atoms with van der Waals surface area (Å²) in [4.78, 5) is 25.4. The highest BCUT2D eigenvalue weighted by molar-refractivity contribution is 6.07. The molecule has 7 heteroatoms. The molecule has 1 saturated carbocycles. The minimum Gasteiger partial charge on any atom is -0.454 e. The molecule has 5 rings (SSSR count). The van der Waals surface area contributed by atoms with Crippen molar-refractivity contribution in [2.75, 3.05) is 12.1 Å². The highest BCUT2D eigenvalue weighted by Crippen LogP contribution is 2.51. The van der Waals surface area contributed by atoms with E-state index in [1.165, 1.54) is 6.07 Å². The SMILES string of the molecule is Cc1ccccc1-c1cc(NC(=O)C2(c3ccc4c(c3)OCO4)CC2)c(C(N)=O)cc1F. The van der Waals surface area contributed by atoms with Crippen LogP contribution in [0, 0.1) is 12.7 Å². The molecule has 3 aromatic carbocycles. The lowest BCUT2D eigenvalue weighted by Crippen LogP contribution is -2.29. The molecule has 0 bridgehead atoms. The van der Waals surface area contributed by atoms with Crippen molar-refractivity contribution in [1.82, 2.24) is 0 Å². The van der Waals surface area contributed by atoms with E-state index in [9.17, 15) is 14.0 Å².